The SMILES string of the molecule is Cl.Nc1ccccc1NC(=O)C1CNC(=O)C1. The van der Waals surface area contributed by atoms with Crippen LogP contribution in [0, 0.1) is 5.92 Å². The van der Waals surface area contributed by atoms with Gasteiger partial charge in [-0.15, -0.1) is 12.4 Å². The Balaban J connectivity index is 0.00000144. The Morgan fingerprint density at radius 2 is 2.12 bits per heavy atom. The van der Waals surface area contributed by atoms with Crippen molar-refractivity contribution in [3.05, 3.63) is 24.3 Å². The van der Waals surface area contributed by atoms with Crippen LogP contribution in [0.3, 0.4) is 0 Å². The van der Waals surface area contributed by atoms with Crippen LogP contribution in [0.15, 0.2) is 24.3 Å². The number of carbonyl (C=O) groups excluding carboxylic acids is 2. The number of hydrogen-bond acceptors (Lipinski definition) is 3. The normalized spacial score (nSPS) is 18.1. The van der Waals surface area contributed by atoms with E-state index in [1.807, 2.05) is 0 Å². The van der Waals surface area contributed by atoms with Gasteiger partial charge in [-0.1, -0.05) is 12.1 Å². The molecule has 5 nitrogen and oxygen atoms in total. The number of para-hydroxylation sites is 2. The quantitative estimate of drug-likeness (QED) is 0.683. The molecule has 6 heteroatoms. The Bertz CT molecular complexity index is 436. The molecule has 1 heterocycles. The van der Waals surface area contributed by atoms with E-state index in [-0.39, 0.29) is 36.6 Å². The summed E-state index contributed by atoms with van der Waals surface area (Å²) in [5.74, 6) is -0.551. The molecule has 0 bridgehead atoms. The molecule has 2 amide bonds. The zero-order valence-electron chi connectivity index (χ0n) is 9.10. The van der Waals surface area contributed by atoms with Crippen LogP contribution in [-0.2, 0) is 9.59 Å². The van der Waals surface area contributed by atoms with Crippen LogP contribution in [0.2, 0.25) is 0 Å². The van der Waals surface area contributed by atoms with Crippen LogP contribution in [0.5, 0.6) is 0 Å². The van der Waals surface area contributed by atoms with Gasteiger partial charge in [-0.2, -0.15) is 0 Å². The highest BCUT2D eigenvalue weighted by Gasteiger charge is 2.27. The molecule has 2 rings (SSSR count). The van der Waals surface area contributed by atoms with Gasteiger partial charge in [0, 0.05) is 13.0 Å². The molecule has 0 aromatic heterocycles. The average molecular weight is 256 g/mol. The second-order valence-corrected chi connectivity index (χ2v) is 3.78. The number of amides is 2. The maximum Gasteiger partial charge on any atom is 0.229 e. The van der Waals surface area contributed by atoms with Crippen LogP contribution in [0.4, 0.5) is 11.4 Å². The summed E-state index contributed by atoms with van der Waals surface area (Å²) < 4.78 is 0. The minimum atomic E-state index is -0.299. The zero-order chi connectivity index (χ0) is 11.5. The van der Waals surface area contributed by atoms with Crippen molar-refractivity contribution in [3.63, 3.8) is 0 Å². The molecule has 1 aliphatic heterocycles. The molecule has 17 heavy (non-hydrogen) atoms. The Labute approximate surface area is 105 Å². The highest BCUT2D eigenvalue weighted by Crippen LogP contribution is 2.19. The first-order chi connectivity index (χ1) is 7.66. The lowest BCUT2D eigenvalue weighted by atomic mass is 10.1. The van der Waals surface area contributed by atoms with Crippen molar-refractivity contribution in [3.8, 4) is 0 Å². The van der Waals surface area contributed by atoms with E-state index in [1.165, 1.54) is 0 Å². The van der Waals surface area contributed by atoms with Gasteiger partial charge in [-0.3, -0.25) is 9.59 Å². The highest BCUT2D eigenvalue weighted by atomic mass is 35.5. The Morgan fingerprint density at radius 3 is 2.71 bits per heavy atom. The molecule has 0 aliphatic carbocycles. The summed E-state index contributed by atoms with van der Waals surface area (Å²) >= 11 is 0. The molecule has 1 fully saturated rings. The van der Waals surface area contributed by atoms with Crippen molar-refractivity contribution in [2.75, 3.05) is 17.6 Å². The molecular weight excluding hydrogens is 242 g/mol. The number of halogens is 1. The third-order valence-corrected chi connectivity index (χ3v) is 2.57. The number of rotatable bonds is 2. The molecule has 1 unspecified atom stereocenters. The lowest BCUT2D eigenvalue weighted by Gasteiger charge is -2.10. The molecular formula is C11H14ClN3O2. The predicted octanol–water partition coefficient (Wildman–Crippen LogP) is 0.765. The van der Waals surface area contributed by atoms with Crippen molar-refractivity contribution in [1.82, 2.24) is 5.32 Å². The first-order valence-electron chi connectivity index (χ1n) is 5.09. The van der Waals surface area contributed by atoms with Crippen LogP contribution in [0.1, 0.15) is 6.42 Å². The molecule has 1 saturated heterocycles. The summed E-state index contributed by atoms with van der Waals surface area (Å²) in [5, 5.41) is 5.34. The molecule has 1 aliphatic rings. The van der Waals surface area contributed by atoms with Gasteiger partial charge in [-0.05, 0) is 12.1 Å². The smallest absolute Gasteiger partial charge is 0.229 e. The standard InChI is InChI=1S/C11H13N3O2.ClH/c12-8-3-1-2-4-9(8)14-11(16)7-5-10(15)13-6-7;/h1-4,7H,5-6,12H2,(H,13,15)(H,14,16);1H. The summed E-state index contributed by atoms with van der Waals surface area (Å²) in [7, 11) is 0. The Kier molecular flexibility index (Phi) is 4.34. The van der Waals surface area contributed by atoms with E-state index >= 15 is 0 Å². The average Bonchev–Trinajstić information content (AvgIpc) is 2.68. The minimum absolute atomic E-state index is 0. The van der Waals surface area contributed by atoms with E-state index < -0.39 is 0 Å². The topological polar surface area (TPSA) is 84.2 Å². The van der Waals surface area contributed by atoms with Crippen molar-refractivity contribution in [2.24, 2.45) is 5.92 Å². The lowest BCUT2D eigenvalue weighted by molar-refractivity contribution is -0.123. The van der Waals surface area contributed by atoms with E-state index in [4.69, 9.17) is 5.73 Å². The van der Waals surface area contributed by atoms with E-state index in [9.17, 15) is 9.59 Å². The fourth-order valence-electron chi connectivity index (χ4n) is 1.64. The number of nitrogen functional groups attached to an aromatic ring is 1. The van der Waals surface area contributed by atoms with Gasteiger partial charge in [0.1, 0.15) is 0 Å². The van der Waals surface area contributed by atoms with Gasteiger partial charge in [0.15, 0.2) is 0 Å². The van der Waals surface area contributed by atoms with Crippen molar-refractivity contribution < 1.29 is 9.59 Å². The molecule has 0 spiro atoms. The zero-order valence-corrected chi connectivity index (χ0v) is 9.92. The number of nitrogens with one attached hydrogen (secondary N) is 2. The summed E-state index contributed by atoms with van der Waals surface area (Å²) in [5.41, 5.74) is 6.81. The number of benzene rings is 1. The Hall–Kier alpha value is -1.75. The number of hydrogen-bond donors (Lipinski definition) is 3. The molecule has 1 atom stereocenters. The van der Waals surface area contributed by atoms with Crippen LogP contribution in [0.25, 0.3) is 0 Å². The van der Waals surface area contributed by atoms with Crippen molar-refractivity contribution in [1.29, 1.82) is 0 Å². The van der Waals surface area contributed by atoms with Gasteiger partial charge >= 0.3 is 0 Å². The summed E-state index contributed by atoms with van der Waals surface area (Å²) in [6.07, 6.45) is 0.249. The third kappa shape index (κ3) is 3.10. The van der Waals surface area contributed by atoms with E-state index in [0.29, 0.717) is 17.9 Å². The third-order valence-electron chi connectivity index (χ3n) is 2.57. The van der Waals surface area contributed by atoms with E-state index in [0.717, 1.165) is 0 Å². The fourth-order valence-corrected chi connectivity index (χ4v) is 1.64. The largest absolute Gasteiger partial charge is 0.397 e. The summed E-state index contributed by atoms with van der Waals surface area (Å²) in [6, 6.07) is 7.04. The second kappa shape index (κ2) is 5.54. The van der Waals surface area contributed by atoms with Gasteiger partial charge in [-0.25, -0.2) is 0 Å². The van der Waals surface area contributed by atoms with Crippen molar-refractivity contribution >= 4 is 35.6 Å². The number of nitrogens with two attached hydrogens (primary N) is 1. The van der Waals surface area contributed by atoms with Crippen LogP contribution < -0.4 is 16.4 Å². The maximum absolute atomic E-state index is 11.8. The molecule has 92 valence electrons. The van der Waals surface area contributed by atoms with Crippen molar-refractivity contribution in [2.45, 2.75) is 6.42 Å². The second-order valence-electron chi connectivity index (χ2n) is 3.78. The monoisotopic (exact) mass is 255 g/mol. The van der Waals surface area contributed by atoms with Gasteiger partial charge in [0.05, 0.1) is 17.3 Å². The minimum Gasteiger partial charge on any atom is -0.397 e. The van der Waals surface area contributed by atoms with E-state index in [2.05, 4.69) is 10.6 Å². The predicted molar refractivity (Wildman–Crippen MR) is 67.8 cm³/mol. The van der Waals surface area contributed by atoms with Crippen LogP contribution >= 0.6 is 12.4 Å². The highest BCUT2D eigenvalue weighted by molar-refractivity contribution is 5.98. The Morgan fingerprint density at radius 1 is 1.41 bits per heavy atom. The summed E-state index contributed by atoms with van der Waals surface area (Å²) in [4.78, 5) is 22.7. The van der Waals surface area contributed by atoms with Gasteiger partial charge < -0.3 is 16.4 Å². The number of anilines is 2. The van der Waals surface area contributed by atoms with Gasteiger partial charge in [0.25, 0.3) is 0 Å². The number of carbonyl (C=O) groups is 2. The molecule has 0 saturated carbocycles. The van der Waals surface area contributed by atoms with Crippen LogP contribution in [-0.4, -0.2) is 18.4 Å². The lowest BCUT2D eigenvalue weighted by Crippen LogP contribution is -2.25. The molecule has 1 aromatic carbocycles. The summed E-state index contributed by atoms with van der Waals surface area (Å²) in [6.45, 7) is 0.400. The van der Waals surface area contributed by atoms with Gasteiger partial charge in [0.2, 0.25) is 11.8 Å². The molecule has 4 N–H and O–H groups in total. The first kappa shape index (κ1) is 13.3. The maximum atomic E-state index is 11.8. The molecule has 1 aromatic rings. The van der Waals surface area contributed by atoms with E-state index in [1.54, 1.807) is 24.3 Å². The first-order valence-corrected chi connectivity index (χ1v) is 5.09. The fraction of sp³-hybridized carbons (Fsp3) is 0.273. The molecule has 0 radical (unpaired) electrons.